The van der Waals surface area contributed by atoms with Gasteiger partial charge in [0.1, 0.15) is 22.3 Å². The lowest BCUT2D eigenvalue weighted by Gasteiger charge is -2.25. The number of hydrogen-bond acceptors (Lipinski definition) is 4. The lowest BCUT2D eigenvalue weighted by molar-refractivity contribution is 0.587. The van der Waals surface area contributed by atoms with Gasteiger partial charge in [-0.3, -0.25) is 0 Å². The number of furan rings is 2. The molecule has 0 saturated carbocycles. The zero-order valence-electron chi connectivity index (χ0n) is 37.8. The van der Waals surface area contributed by atoms with Crippen molar-refractivity contribution in [2.45, 2.75) is 75.4 Å². The summed E-state index contributed by atoms with van der Waals surface area (Å²) >= 11 is 2.00. The van der Waals surface area contributed by atoms with E-state index in [0.717, 1.165) is 72.8 Å². The first-order chi connectivity index (χ1) is 31.3. The van der Waals surface area contributed by atoms with Crippen LogP contribution in [0.1, 0.15) is 70.7 Å². The van der Waals surface area contributed by atoms with Gasteiger partial charge in [0.15, 0.2) is 7.28 Å². The second kappa shape index (κ2) is 13.5. The van der Waals surface area contributed by atoms with Crippen LogP contribution in [0, 0.1) is 0 Å². The van der Waals surface area contributed by atoms with E-state index in [1.807, 2.05) is 11.8 Å². The van der Waals surface area contributed by atoms with E-state index in [9.17, 15) is 0 Å². The Morgan fingerprint density at radius 1 is 0.585 bits per heavy atom. The molecule has 6 heteroatoms. The molecule has 1 atom stereocenters. The Kier molecular flexibility index (Phi) is 8.04. The summed E-state index contributed by atoms with van der Waals surface area (Å²) in [6.45, 7) is 16.0. The second-order valence-electron chi connectivity index (χ2n) is 20.7. The summed E-state index contributed by atoms with van der Waals surface area (Å²) in [5, 5.41) is 10.8. The fourth-order valence-corrected chi connectivity index (χ4v) is 12.1. The van der Waals surface area contributed by atoms with Crippen molar-refractivity contribution in [3.8, 4) is 16.8 Å². The standard InChI is InChI=1S/C59H48BN2O2S/c1-57(2,3)34-17-20-37(21-18-34)61-47-27-44-39-22-19-36(58(4,5)6)26-51(39)64-52(44)29-42(47)40-23-24-41-43-30-53-45(38-15-11-12-16-50(38)63-53)28-48(43)62-49-31-54-33(25-46(49)60-55(40)56(41)62)32-59(7,65-54)35-13-9-8-10-14-35/h8-31,61H,32H2,1-7H3. The number of rotatable bonds is 4. The maximum atomic E-state index is 6.83. The molecule has 2 aliphatic heterocycles. The third kappa shape index (κ3) is 5.92. The molecule has 11 aromatic rings. The number of aromatic nitrogens is 1. The molecular formula is C59H48BN2O2S. The van der Waals surface area contributed by atoms with Crippen LogP contribution in [0.2, 0.25) is 0 Å². The van der Waals surface area contributed by atoms with Crippen molar-refractivity contribution in [1.29, 1.82) is 0 Å². The van der Waals surface area contributed by atoms with Crippen molar-refractivity contribution in [1.82, 2.24) is 4.57 Å². The van der Waals surface area contributed by atoms with Crippen molar-refractivity contribution in [3.05, 3.63) is 168 Å². The molecule has 0 aliphatic carbocycles. The van der Waals surface area contributed by atoms with Crippen molar-refractivity contribution in [3.63, 3.8) is 0 Å². The summed E-state index contributed by atoms with van der Waals surface area (Å²) in [5.74, 6) is 0. The SMILES string of the molecule is CC(C)(C)c1ccc(Nc2cc3c(cc2-c2ccc4c5cc6oc7ccccc7c6cc5n5c4c2[B]c2cc4c(cc2-5)SC(C)(c2ccccc2)C4)oc2cc(C(C)(C)C)ccc23)cc1. The minimum atomic E-state index is -0.0528. The van der Waals surface area contributed by atoms with Crippen molar-refractivity contribution >= 4 is 107 Å². The number of hydrogen-bond donors (Lipinski definition) is 1. The first kappa shape index (κ1) is 38.8. The van der Waals surface area contributed by atoms with Gasteiger partial charge in [-0.15, -0.1) is 11.8 Å². The summed E-state index contributed by atoms with van der Waals surface area (Å²) in [6, 6.07) is 53.9. The molecule has 0 saturated heterocycles. The highest BCUT2D eigenvalue weighted by atomic mass is 32.2. The van der Waals surface area contributed by atoms with Crippen LogP contribution < -0.4 is 16.2 Å². The highest BCUT2D eigenvalue weighted by molar-refractivity contribution is 8.00. The van der Waals surface area contributed by atoms with Gasteiger partial charge in [-0.05, 0) is 112 Å². The summed E-state index contributed by atoms with van der Waals surface area (Å²) in [5.41, 5.74) is 19.3. The van der Waals surface area contributed by atoms with E-state index in [-0.39, 0.29) is 15.6 Å². The number of thioether (sulfide) groups is 1. The molecule has 1 radical (unpaired) electrons. The Bertz CT molecular complexity index is 3800. The molecule has 5 heterocycles. The number of nitrogens with zero attached hydrogens (tertiary/aromatic N) is 1. The van der Waals surface area contributed by atoms with Crippen LogP contribution in [0.5, 0.6) is 0 Å². The minimum Gasteiger partial charge on any atom is -0.456 e. The smallest absolute Gasteiger partial charge is 0.197 e. The van der Waals surface area contributed by atoms with Crippen molar-refractivity contribution < 1.29 is 8.83 Å². The van der Waals surface area contributed by atoms with Gasteiger partial charge in [-0.25, -0.2) is 0 Å². The van der Waals surface area contributed by atoms with E-state index in [2.05, 4.69) is 211 Å². The van der Waals surface area contributed by atoms with Gasteiger partial charge < -0.3 is 18.7 Å². The van der Waals surface area contributed by atoms with Crippen LogP contribution in [-0.4, -0.2) is 11.8 Å². The normalized spacial score (nSPS) is 16.0. The number of benzene rings is 8. The molecule has 3 aromatic heterocycles. The predicted molar refractivity (Wildman–Crippen MR) is 276 cm³/mol. The van der Waals surface area contributed by atoms with Crippen LogP contribution in [0.25, 0.3) is 82.5 Å². The molecule has 65 heavy (non-hydrogen) atoms. The van der Waals surface area contributed by atoms with E-state index in [1.54, 1.807) is 0 Å². The number of anilines is 2. The average Bonchev–Trinajstić information content (AvgIpc) is 4.03. The Hall–Kier alpha value is -6.63. The zero-order valence-corrected chi connectivity index (χ0v) is 38.6. The lowest BCUT2D eigenvalue weighted by atomic mass is 9.58. The predicted octanol–water partition coefficient (Wildman–Crippen LogP) is 15.1. The molecule has 13 rings (SSSR count). The minimum absolute atomic E-state index is 0.00154. The summed E-state index contributed by atoms with van der Waals surface area (Å²) in [6.07, 6.45) is 0.970. The van der Waals surface area contributed by atoms with E-state index < -0.39 is 0 Å². The Labute approximate surface area is 383 Å². The first-order valence-corrected chi connectivity index (χ1v) is 23.7. The van der Waals surface area contributed by atoms with Gasteiger partial charge in [-0.2, -0.15) is 0 Å². The molecule has 2 aliphatic rings. The molecule has 0 spiro atoms. The van der Waals surface area contributed by atoms with Gasteiger partial charge in [0, 0.05) is 70.1 Å². The topological polar surface area (TPSA) is 43.2 Å². The van der Waals surface area contributed by atoms with Gasteiger partial charge in [0.2, 0.25) is 0 Å². The van der Waals surface area contributed by atoms with Gasteiger partial charge in [0.05, 0.1) is 5.52 Å². The Morgan fingerprint density at radius 3 is 2.06 bits per heavy atom. The first-order valence-electron chi connectivity index (χ1n) is 22.9. The highest BCUT2D eigenvalue weighted by Crippen LogP contribution is 2.52. The fourth-order valence-electron chi connectivity index (χ4n) is 10.7. The van der Waals surface area contributed by atoms with E-state index in [0.29, 0.717) is 0 Å². The summed E-state index contributed by atoms with van der Waals surface area (Å²) in [7, 11) is 2.45. The van der Waals surface area contributed by atoms with Crippen molar-refractivity contribution in [2.24, 2.45) is 0 Å². The maximum absolute atomic E-state index is 6.83. The Balaban J connectivity index is 1.06. The largest absolute Gasteiger partial charge is 0.456 e. The lowest BCUT2D eigenvalue weighted by Crippen LogP contribution is -2.37. The fraction of sp³-hybridized carbons (Fsp3) is 0.186. The van der Waals surface area contributed by atoms with Crippen LogP contribution in [-0.2, 0) is 22.0 Å². The average molecular weight is 860 g/mol. The van der Waals surface area contributed by atoms with Crippen LogP contribution in [0.3, 0.4) is 0 Å². The zero-order chi connectivity index (χ0) is 44.1. The van der Waals surface area contributed by atoms with Gasteiger partial charge in [0.25, 0.3) is 0 Å². The van der Waals surface area contributed by atoms with Crippen LogP contribution in [0.15, 0.2) is 159 Å². The van der Waals surface area contributed by atoms with E-state index >= 15 is 0 Å². The van der Waals surface area contributed by atoms with E-state index in [1.165, 1.54) is 65.6 Å². The molecule has 8 aromatic carbocycles. The number of para-hydroxylation sites is 1. The molecule has 0 amide bonds. The molecule has 1 N–H and O–H groups in total. The van der Waals surface area contributed by atoms with Crippen LogP contribution >= 0.6 is 11.8 Å². The monoisotopic (exact) mass is 859 g/mol. The molecule has 0 fully saturated rings. The second-order valence-corrected chi connectivity index (χ2v) is 22.2. The molecular weight excluding hydrogens is 812 g/mol. The van der Waals surface area contributed by atoms with Gasteiger partial charge >= 0.3 is 0 Å². The van der Waals surface area contributed by atoms with Crippen LogP contribution in [0.4, 0.5) is 11.4 Å². The van der Waals surface area contributed by atoms with Gasteiger partial charge in [-0.1, -0.05) is 138 Å². The van der Waals surface area contributed by atoms with E-state index in [4.69, 9.17) is 8.83 Å². The summed E-state index contributed by atoms with van der Waals surface area (Å²) < 4.78 is 15.9. The number of fused-ring (bicyclic) bond motifs is 12. The molecule has 1 unspecified atom stereocenters. The van der Waals surface area contributed by atoms with Crippen molar-refractivity contribution in [2.75, 3.05) is 5.32 Å². The third-order valence-corrected chi connectivity index (χ3v) is 15.7. The third-order valence-electron chi connectivity index (χ3n) is 14.3. The molecule has 315 valence electrons. The summed E-state index contributed by atoms with van der Waals surface area (Å²) in [4.78, 5) is 1.35. The highest BCUT2D eigenvalue weighted by Gasteiger charge is 2.38. The molecule has 0 bridgehead atoms. The number of nitrogens with one attached hydrogen (secondary N) is 1. The molecule has 4 nitrogen and oxygen atoms in total. The Morgan fingerprint density at radius 2 is 1.26 bits per heavy atom. The maximum Gasteiger partial charge on any atom is 0.197 e. The quantitative estimate of drug-likeness (QED) is 0.179.